The summed E-state index contributed by atoms with van der Waals surface area (Å²) in [5.74, 6) is -0.623. The zero-order valence-corrected chi connectivity index (χ0v) is 8.17. The Morgan fingerprint density at radius 3 is 2.46 bits per heavy atom. The number of carbonyl (C=O) groups excluding carboxylic acids is 2. The van der Waals surface area contributed by atoms with Crippen LogP contribution in [0.5, 0.6) is 0 Å². The molecule has 0 aliphatic rings. The van der Waals surface area contributed by atoms with Gasteiger partial charge < -0.3 is 14.2 Å². The van der Waals surface area contributed by atoms with Gasteiger partial charge in [0.25, 0.3) is 0 Å². The number of halogens is 1. The molecule has 0 aromatic rings. The van der Waals surface area contributed by atoms with Crippen LogP contribution in [0.4, 0.5) is 4.79 Å². The molecule has 0 aromatic carbocycles. The SMILES string of the molecule is CCOC(=O)COC(=O)OC(C)Cl. The highest BCUT2D eigenvalue weighted by molar-refractivity contribution is 6.19. The Hall–Kier alpha value is -0.970. The fraction of sp³-hybridized carbons (Fsp3) is 0.714. The lowest BCUT2D eigenvalue weighted by Crippen LogP contribution is -2.18. The number of esters is 1. The number of rotatable bonds is 4. The molecule has 13 heavy (non-hydrogen) atoms. The molecule has 0 fully saturated rings. The van der Waals surface area contributed by atoms with Crippen LogP contribution in [-0.2, 0) is 19.0 Å². The van der Waals surface area contributed by atoms with Crippen molar-refractivity contribution in [3.63, 3.8) is 0 Å². The Bertz CT molecular complexity index is 180. The number of ether oxygens (including phenoxy) is 3. The lowest BCUT2D eigenvalue weighted by molar-refractivity contribution is -0.147. The van der Waals surface area contributed by atoms with E-state index in [1.165, 1.54) is 6.92 Å². The van der Waals surface area contributed by atoms with Gasteiger partial charge in [0.15, 0.2) is 12.2 Å². The van der Waals surface area contributed by atoms with Crippen molar-refractivity contribution in [2.24, 2.45) is 0 Å². The van der Waals surface area contributed by atoms with E-state index in [4.69, 9.17) is 11.6 Å². The van der Waals surface area contributed by atoms with E-state index in [1.54, 1.807) is 6.92 Å². The van der Waals surface area contributed by atoms with E-state index in [0.717, 1.165) is 0 Å². The van der Waals surface area contributed by atoms with Crippen molar-refractivity contribution in [1.82, 2.24) is 0 Å². The van der Waals surface area contributed by atoms with Crippen molar-refractivity contribution in [2.45, 2.75) is 19.4 Å². The average Bonchev–Trinajstić information content (AvgIpc) is 2.00. The molecule has 0 aliphatic carbocycles. The third kappa shape index (κ3) is 7.39. The van der Waals surface area contributed by atoms with E-state index >= 15 is 0 Å². The molecule has 0 aromatic heterocycles. The number of alkyl halides is 1. The molecular formula is C7H11ClO5. The molecule has 1 atom stereocenters. The van der Waals surface area contributed by atoms with Crippen molar-refractivity contribution in [1.29, 1.82) is 0 Å². The molecule has 0 amide bonds. The summed E-state index contributed by atoms with van der Waals surface area (Å²) in [6, 6.07) is 0. The van der Waals surface area contributed by atoms with Crippen LogP contribution in [0.25, 0.3) is 0 Å². The first kappa shape index (κ1) is 12.0. The maximum Gasteiger partial charge on any atom is 0.510 e. The molecule has 0 N–H and O–H groups in total. The summed E-state index contributed by atoms with van der Waals surface area (Å²) < 4.78 is 13.2. The zero-order chi connectivity index (χ0) is 10.3. The smallest absolute Gasteiger partial charge is 0.463 e. The summed E-state index contributed by atoms with van der Waals surface area (Å²) >= 11 is 5.31. The van der Waals surface area contributed by atoms with Crippen molar-refractivity contribution < 1.29 is 23.8 Å². The highest BCUT2D eigenvalue weighted by Crippen LogP contribution is 1.98. The maximum atomic E-state index is 10.6. The number of hydrogen-bond acceptors (Lipinski definition) is 5. The highest BCUT2D eigenvalue weighted by atomic mass is 35.5. The predicted octanol–water partition coefficient (Wildman–Crippen LogP) is 1.29. The van der Waals surface area contributed by atoms with E-state index in [9.17, 15) is 9.59 Å². The molecule has 6 heteroatoms. The van der Waals surface area contributed by atoms with E-state index in [0.29, 0.717) is 0 Å². The summed E-state index contributed by atoms with van der Waals surface area (Å²) in [7, 11) is 0. The third-order valence-electron chi connectivity index (χ3n) is 0.872. The van der Waals surface area contributed by atoms with Crippen LogP contribution in [0.3, 0.4) is 0 Å². The quantitative estimate of drug-likeness (QED) is 0.517. The third-order valence-corrected chi connectivity index (χ3v) is 0.961. The zero-order valence-electron chi connectivity index (χ0n) is 7.41. The second kappa shape index (κ2) is 6.54. The van der Waals surface area contributed by atoms with E-state index in [2.05, 4.69) is 14.2 Å². The van der Waals surface area contributed by atoms with Crippen LogP contribution >= 0.6 is 11.6 Å². The second-order valence-corrected chi connectivity index (χ2v) is 2.62. The van der Waals surface area contributed by atoms with Gasteiger partial charge in [-0.3, -0.25) is 0 Å². The van der Waals surface area contributed by atoms with Crippen LogP contribution < -0.4 is 0 Å². The Morgan fingerprint density at radius 1 is 1.38 bits per heavy atom. The van der Waals surface area contributed by atoms with Crippen molar-refractivity contribution in [3.8, 4) is 0 Å². The van der Waals surface area contributed by atoms with Crippen LogP contribution in [0.1, 0.15) is 13.8 Å². The molecular weight excluding hydrogens is 200 g/mol. The normalized spacial score (nSPS) is 11.6. The maximum absolute atomic E-state index is 10.6. The van der Waals surface area contributed by atoms with Gasteiger partial charge in [0.2, 0.25) is 0 Å². The van der Waals surface area contributed by atoms with Crippen molar-refractivity contribution >= 4 is 23.7 Å². The predicted molar refractivity (Wildman–Crippen MR) is 44.4 cm³/mol. The van der Waals surface area contributed by atoms with Gasteiger partial charge in [-0.05, 0) is 13.8 Å². The summed E-state index contributed by atoms with van der Waals surface area (Å²) in [4.78, 5) is 21.3. The largest absolute Gasteiger partial charge is 0.510 e. The monoisotopic (exact) mass is 210 g/mol. The van der Waals surface area contributed by atoms with Gasteiger partial charge in [0.1, 0.15) is 0 Å². The molecule has 0 saturated carbocycles. The molecule has 1 unspecified atom stereocenters. The van der Waals surface area contributed by atoms with Gasteiger partial charge in [0, 0.05) is 0 Å². The molecule has 0 spiro atoms. The topological polar surface area (TPSA) is 61.8 Å². The molecule has 0 bridgehead atoms. The van der Waals surface area contributed by atoms with Crippen LogP contribution in [0.15, 0.2) is 0 Å². The fourth-order valence-corrected chi connectivity index (χ4v) is 0.560. The van der Waals surface area contributed by atoms with E-state index in [1.807, 2.05) is 0 Å². The second-order valence-electron chi connectivity index (χ2n) is 2.00. The number of hydrogen-bond donors (Lipinski definition) is 0. The van der Waals surface area contributed by atoms with Gasteiger partial charge >= 0.3 is 12.1 Å². The summed E-state index contributed by atoms with van der Waals surface area (Å²) in [5, 5.41) is 0. The summed E-state index contributed by atoms with van der Waals surface area (Å²) in [5.41, 5.74) is -0.783. The highest BCUT2D eigenvalue weighted by Gasteiger charge is 2.10. The standard InChI is InChI=1S/C7H11ClO5/c1-3-11-6(9)4-12-7(10)13-5(2)8/h5H,3-4H2,1-2H3. The van der Waals surface area contributed by atoms with Gasteiger partial charge in [-0.15, -0.1) is 0 Å². The fourth-order valence-electron chi connectivity index (χ4n) is 0.487. The Labute approximate surface area is 80.9 Å². The Morgan fingerprint density at radius 2 is 2.00 bits per heavy atom. The molecule has 0 radical (unpaired) electrons. The number of carbonyl (C=O) groups is 2. The summed E-state index contributed by atoms with van der Waals surface area (Å²) in [6.45, 7) is 2.88. The van der Waals surface area contributed by atoms with Gasteiger partial charge in [-0.1, -0.05) is 11.6 Å². The van der Waals surface area contributed by atoms with Crippen LogP contribution in [0, 0.1) is 0 Å². The average molecular weight is 211 g/mol. The molecule has 0 aliphatic heterocycles. The van der Waals surface area contributed by atoms with E-state index in [-0.39, 0.29) is 6.61 Å². The minimum Gasteiger partial charge on any atom is -0.463 e. The minimum absolute atomic E-state index is 0.239. The summed E-state index contributed by atoms with van der Waals surface area (Å²) in [6.07, 6.45) is -0.990. The van der Waals surface area contributed by atoms with Gasteiger partial charge in [-0.25, -0.2) is 9.59 Å². The first-order chi connectivity index (χ1) is 6.06. The lowest BCUT2D eigenvalue weighted by atomic mass is 10.7. The van der Waals surface area contributed by atoms with Crippen molar-refractivity contribution in [3.05, 3.63) is 0 Å². The molecule has 5 nitrogen and oxygen atoms in total. The first-order valence-corrected chi connectivity index (χ1v) is 4.13. The molecule has 0 heterocycles. The van der Waals surface area contributed by atoms with Crippen LogP contribution in [0.2, 0.25) is 0 Å². The molecule has 0 saturated heterocycles. The van der Waals surface area contributed by atoms with Gasteiger partial charge in [-0.2, -0.15) is 0 Å². The Balaban J connectivity index is 3.52. The lowest BCUT2D eigenvalue weighted by Gasteiger charge is -2.06. The van der Waals surface area contributed by atoms with Gasteiger partial charge in [0.05, 0.1) is 6.61 Å². The van der Waals surface area contributed by atoms with E-state index < -0.39 is 24.3 Å². The van der Waals surface area contributed by atoms with Crippen LogP contribution in [-0.4, -0.2) is 30.9 Å². The molecule has 0 rings (SSSR count). The minimum atomic E-state index is -0.990. The Kier molecular flexibility index (Phi) is 6.05. The molecule has 76 valence electrons. The van der Waals surface area contributed by atoms with Crippen molar-refractivity contribution in [2.75, 3.05) is 13.2 Å². The first-order valence-electron chi connectivity index (χ1n) is 3.69.